The molecule has 0 aromatic rings. The van der Waals surface area contributed by atoms with Crippen molar-refractivity contribution in [3.05, 3.63) is 12.2 Å². The number of nitrogens with zero attached hydrogens (tertiary/aromatic N) is 1. The first-order valence-electron chi connectivity index (χ1n) is 5.33. The largest absolute Gasteiger partial charge is 0.478 e. The van der Waals surface area contributed by atoms with E-state index in [0.717, 1.165) is 0 Å². The van der Waals surface area contributed by atoms with Gasteiger partial charge in [0.05, 0.1) is 5.60 Å². The summed E-state index contributed by atoms with van der Waals surface area (Å²) in [7, 11) is 1.78. The van der Waals surface area contributed by atoms with Gasteiger partial charge in [0.2, 0.25) is 0 Å². The van der Waals surface area contributed by atoms with E-state index in [9.17, 15) is 9.90 Å². The van der Waals surface area contributed by atoms with Crippen LogP contribution in [0.2, 0.25) is 0 Å². The van der Waals surface area contributed by atoms with Crippen LogP contribution >= 0.6 is 0 Å². The maximum absolute atomic E-state index is 10.6. The van der Waals surface area contributed by atoms with Gasteiger partial charge in [0.15, 0.2) is 0 Å². The van der Waals surface area contributed by atoms with E-state index in [2.05, 4.69) is 6.58 Å². The number of hydrogen-bond acceptors (Lipinski definition) is 4. The van der Waals surface area contributed by atoms with E-state index in [1.807, 2.05) is 0 Å². The zero-order valence-corrected chi connectivity index (χ0v) is 9.61. The number of hydrogen-bond donors (Lipinski definition) is 2. The molecule has 0 unspecified atom stereocenters. The van der Waals surface area contributed by atoms with Gasteiger partial charge < -0.3 is 14.9 Å². The molecule has 0 bridgehead atoms. The second-order valence-electron chi connectivity index (χ2n) is 4.42. The van der Waals surface area contributed by atoms with E-state index in [0.29, 0.717) is 32.6 Å². The summed E-state index contributed by atoms with van der Waals surface area (Å²) in [6.45, 7) is 5.29. The van der Waals surface area contributed by atoms with Crippen LogP contribution in [0.15, 0.2) is 12.2 Å². The van der Waals surface area contributed by atoms with E-state index in [4.69, 9.17) is 9.84 Å². The molecule has 1 rings (SSSR count). The Hall–Kier alpha value is -0.910. The average Bonchev–Trinajstić information content (AvgIpc) is 2.17. The molecule has 16 heavy (non-hydrogen) atoms. The van der Waals surface area contributed by atoms with Crippen molar-refractivity contribution in [3.8, 4) is 0 Å². The summed E-state index contributed by atoms with van der Waals surface area (Å²) >= 11 is 0. The summed E-state index contributed by atoms with van der Waals surface area (Å²) in [5.74, 6) is -0.995. The average molecular weight is 229 g/mol. The van der Waals surface area contributed by atoms with E-state index >= 15 is 0 Å². The van der Waals surface area contributed by atoms with Gasteiger partial charge in [-0.15, -0.1) is 0 Å². The van der Waals surface area contributed by atoms with E-state index in [1.165, 1.54) is 0 Å². The molecular formula is C11H19NO4. The van der Waals surface area contributed by atoms with Gasteiger partial charge in [-0.25, -0.2) is 4.79 Å². The summed E-state index contributed by atoms with van der Waals surface area (Å²) in [5, 5.41) is 18.9. The third kappa shape index (κ3) is 3.92. The molecule has 0 spiro atoms. The predicted molar refractivity (Wildman–Crippen MR) is 59.3 cm³/mol. The second kappa shape index (κ2) is 5.43. The molecule has 92 valence electrons. The van der Waals surface area contributed by atoms with Crippen LogP contribution in [0.5, 0.6) is 0 Å². The topological polar surface area (TPSA) is 70.0 Å². The van der Waals surface area contributed by atoms with E-state index < -0.39 is 11.6 Å². The number of carboxylic acids is 1. The lowest BCUT2D eigenvalue weighted by atomic mass is 9.94. The molecule has 2 N–H and O–H groups in total. The van der Waals surface area contributed by atoms with Gasteiger partial charge in [-0.1, -0.05) is 6.58 Å². The molecule has 0 aliphatic carbocycles. The fourth-order valence-corrected chi connectivity index (χ4v) is 1.86. The van der Waals surface area contributed by atoms with Crippen LogP contribution in [0.25, 0.3) is 0 Å². The van der Waals surface area contributed by atoms with Crippen molar-refractivity contribution in [3.63, 3.8) is 0 Å². The third-order valence-electron chi connectivity index (χ3n) is 2.75. The Morgan fingerprint density at radius 1 is 1.50 bits per heavy atom. The molecule has 1 fully saturated rings. The normalized spacial score (nSPS) is 19.7. The molecular weight excluding hydrogens is 210 g/mol. The Morgan fingerprint density at radius 2 is 2.06 bits per heavy atom. The Kier molecular flexibility index (Phi) is 4.46. The molecule has 5 nitrogen and oxygen atoms in total. The zero-order valence-electron chi connectivity index (χ0n) is 9.61. The van der Waals surface area contributed by atoms with Crippen molar-refractivity contribution < 1.29 is 19.7 Å². The zero-order chi connectivity index (χ0) is 12.2. The highest BCUT2D eigenvalue weighted by molar-refractivity contribution is 5.86. The third-order valence-corrected chi connectivity index (χ3v) is 2.75. The molecule has 0 atom stereocenters. The molecule has 0 aromatic carbocycles. The van der Waals surface area contributed by atoms with Crippen LogP contribution in [0.4, 0.5) is 0 Å². The SMILES string of the molecule is C=C(CN(C)CC1(O)CCOCC1)C(=O)O. The highest BCUT2D eigenvalue weighted by Gasteiger charge is 2.31. The monoisotopic (exact) mass is 229 g/mol. The summed E-state index contributed by atoms with van der Waals surface area (Å²) < 4.78 is 5.18. The number of aliphatic carboxylic acids is 1. The molecule has 0 saturated carbocycles. The molecule has 0 amide bonds. The first-order chi connectivity index (χ1) is 7.43. The number of carbonyl (C=O) groups is 1. The van der Waals surface area contributed by atoms with Crippen LogP contribution in [0, 0.1) is 0 Å². The minimum Gasteiger partial charge on any atom is -0.478 e. The first-order valence-corrected chi connectivity index (χ1v) is 5.33. The van der Waals surface area contributed by atoms with Crippen LogP contribution in [0.1, 0.15) is 12.8 Å². The Morgan fingerprint density at radius 3 is 2.56 bits per heavy atom. The van der Waals surface area contributed by atoms with E-state index in [1.54, 1.807) is 11.9 Å². The molecule has 0 aromatic heterocycles. The fraction of sp³-hybridized carbons (Fsp3) is 0.727. The van der Waals surface area contributed by atoms with Gasteiger partial charge in [0.25, 0.3) is 0 Å². The van der Waals surface area contributed by atoms with Crippen molar-refractivity contribution in [2.24, 2.45) is 0 Å². The minimum atomic E-state index is -0.995. The lowest BCUT2D eigenvalue weighted by Gasteiger charge is -2.35. The van der Waals surface area contributed by atoms with Crippen molar-refractivity contribution in [2.45, 2.75) is 18.4 Å². The molecule has 1 aliphatic rings. The number of likely N-dealkylation sites (N-methyl/N-ethyl adjacent to an activating group) is 1. The number of carboxylic acid groups (broad SMARTS) is 1. The number of aliphatic hydroxyl groups is 1. The molecule has 1 saturated heterocycles. The first kappa shape index (κ1) is 13.2. The van der Waals surface area contributed by atoms with E-state index in [-0.39, 0.29) is 12.1 Å². The molecule has 5 heteroatoms. The van der Waals surface area contributed by atoms with Crippen molar-refractivity contribution in [2.75, 3.05) is 33.4 Å². The van der Waals surface area contributed by atoms with Gasteiger partial charge in [-0.3, -0.25) is 4.90 Å². The Balaban J connectivity index is 2.40. The van der Waals surface area contributed by atoms with Gasteiger partial charge in [-0.05, 0) is 7.05 Å². The van der Waals surface area contributed by atoms with Crippen molar-refractivity contribution in [1.82, 2.24) is 4.90 Å². The standard InChI is InChI=1S/C11H19NO4/c1-9(10(13)14)7-12(2)8-11(15)3-5-16-6-4-11/h15H,1,3-8H2,2H3,(H,13,14). The molecule has 0 radical (unpaired) electrons. The maximum atomic E-state index is 10.6. The highest BCUT2D eigenvalue weighted by atomic mass is 16.5. The summed E-state index contributed by atoms with van der Waals surface area (Å²) in [6.07, 6.45) is 1.19. The van der Waals surface area contributed by atoms with Crippen molar-refractivity contribution >= 4 is 5.97 Å². The quantitative estimate of drug-likeness (QED) is 0.654. The predicted octanol–water partition coefficient (Wildman–Crippen LogP) is 0.100. The number of ether oxygens (including phenoxy) is 1. The Bertz CT molecular complexity index is 271. The Labute approximate surface area is 95.3 Å². The summed E-state index contributed by atoms with van der Waals surface area (Å²) in [5.41, 5.74) is -0.621. The lowest BCUT2D eigenvalue weighted by Crippen LogP contribution is -2.46. The fourth-order valence-electron chi connectivity index (χ4n) is 1.86. The van der Waals surface area contributed by atoms with Crippen LogP contribution in [-0.4, -0.2) is 60.0 Å². The molecule has 1 aliphatic heterocycles. The summed E-state index contributed by atoms with van der Waals surface area (Å²) in [6, 6.07) is 0. The maximum Gasteiger partial charge on any atom is 0.332 e. The molecule has 1 heterocycles. The van der Waals surface area contributed by atoms with Gasteiger partial charge in [-0.2, -0.15) is 0 Å². The number of rotatable bonds is 5. The van der Waals surface area contributed by atoms with Crippen LogP contribution < -0.4 is 0 Å². The minimum absolute atomic E-state index is 0.137. The van der Waals surface area contributed by atoms with Gasteiger partial charge >= 0.3 is 5.97 Å². The van der Waals surface area contributed by atoms with Gasteiger partial charge in [0, 0.05) is 44.7 Å². The second-order valence-corrected chi connectivity index (χ2v) is 4.42. The lowest BCUT2D eigenvalue weighted by molar-refractivity contribution is -0.133. The summed E-state index contributed by atoms with van der Waals surface area (Å²) in [4.78, 5) is 12.4. The van der Waals surface area contributed by atoms with Crippen molar-refractivity contribution in [1.29, 1.82) is 0 Å². The van der Waals surface area contributed by atoms with Crippen LogP contribution in [-0.2, 0) is 9.53 Å². The van der Waals surface area contributed by atoms with Gasteiger partial charge in [0.1, 0.15) is 0 Å². The van der Waals surface area contributed by atoms with Crippen LogP contribution in [0.3, 0.4) is 0 Å². The smallest absolute Gasteiger partial charge is 0.332 e. The highest BCUT2D eigenvalue weighted by Crippen LogP contribution is 2.21.